The molecule has 0 saturated carbocycles. The van der Waals surface area contributed by atoms with Crippen molar-refractivity contribution in [2.75, 3.05) is 22.5 Å². The van der Waals surface area contributed by atoms with Crippen LogP contribution in [-0.4, -0.2) is 24.1 Å². The number of para-hydroxylation sites is 2. The molecule has 1 N–H and O–H groups in total. The molecule has 25 heavy (non-hydrogen) atoms. The summed E-state index contributed by atoms with van der Waals surface area (Å²) >= 11 is 1.59. The Morgan fingerprint density at radius 1 is 1.20 bits per heavy atom. The number of nitrogens with one attached hydrogen (secondary N) is 1. The smallest absolute Gasteiger partial charge is 0.234 e. The number of anilines is 2. The lowest BCUT2D eigenvalue weighted by atomic mass is 10.2. The quantitative estimate of drug-likeness (QED) is 0.853. The molecular formula is C20H22N2O2S. The zero-order valence-electron chi connectivity index (χ0n) is 14.3. The van der Waals surface area contributed by atoms with Crippen LogP contribution in [0, 0.1) is 6.92 Å². The molecule has 0 spiro atoms. The van der Waals surface area contributed by atoms with Gasteiger partial charge in [-0.05, 0) is 31.0 Å². The molecule has 1 heterocycles. The van der Waals surface area contributed by atoms with E-state index < -0.39 is 0 Å². The second-order valence-corrected chi connectivity index (χ2v) is 7.18. The number of carbonyl (C=O) groups is 2. The van der Waals surface area contributed by atoms with Crippen molar-refractivity contribution in [2.24, 2.45) is 0 Å². The third kappa shape index (κ3) is 4.63. The fraction of sp³-hybridized carbons (Fsp3) is 0.300. The van der Waals surface area contributed by atoms with Crippen LogP contribution in [0.25, 0.3) is 0 Å². The van der Waals surface area contributed by atoms with Crippen molar-refractivity contribution in [3.63, 3.8) is 0 Å². The van der Waals surface area contributed by atoms with E-state index in [1.807, 2.05) is 30.3 Å². The minimum atomic E-state index is -0.0447. The highest BCUT2D eigenvalue weighted by atomic mass is 32.2. The van der Waals surface area contributed by atoms with Crippen molar-refractivity contribution < 1.29 is 9.59 Å². The lowest BCUT2D eigenvalue weighted by molar-refractivity contribution is -0.117. The van der Waals surface area contributed by atoms with Crippen molar-refractivity contribution in [1.29, 1.82) is 0 Å². The first-order valence-electron chi connectivity index (χ1n) is 8.46. The molecular weight excluding hydrogens is 332 g/mol. The maximum Gasteiger partial charge on any atom is 0.234 e. The number of rotatable bonds is 6. The normalized spacial score (nSPS) is 14.0. The number of carbonyl (C=O) groups excluding carboxylic acids is 2. The molecule has 0 aromatic heterocycles. The van der Waals surface area contributed by atoms with Crippen molar-refractivity contribution in [3.8, 4) is 0 Å². The summed E-state index contributed by atoms with van der Waals surface area (Å²) < 4.78 is 0. The molecule has 0 radical (unpaired) electrons. The van der Waals surface area contributed by atoms with Gasteiger partial charge in [-0.15, -0.1) is 11.8 Å². The van der Waals surface area contributed by atoms with Crippen LogP contribution < -0.4 is 10.2 Å². The first-order valence-corrected chi connectivity index (χ1v) is 9.61. The minimum absolute atomic E-state index is 0.0447. The fourth-order valence-electron chi connectivity index (χ4n) is 2.97. The van der Waals surface area contributed by atoms with Gasteiger partial charge in [-0.1, -0.05) is 42.0 Å². The number of thioether (sulfide) groups is 1. The molecule has 2 amide bonds. The molecule has 3 rings (SSSR count). The van der Waals surface area contributed by atoms with Gasteiger partial charge in [0.2, 0.25) is 11.8 Å². The molecule has 130 valence electrons. The van der Waals surface area contributed by atoms with E-state index in [1.165, 1.54) is 11.1 Å². The standard InChI is InChI=1S/C20H22N2O2S/c1-15-6-4-7-16(12-15)13-25-14-19(23)21-17-8-2-3-9-18(17)22-11-5-10-20(22)24/h2-4,6-9,12H,5,10-11,13-14H2,1H3,(H,21,23). The monoisotopic (exact) mass is 354 g/mol. The van der Waals surface area contributed by atoms with E-state index in [0.29, 0.717) is 24.4 Å². The van der Waals surface area contributed by atoms with Gasteiger partial charge in [0, 0.05) is 18.7 Å². The Hall–Kier alpha value is -2.27. The SMILES string of the molecule is Cc1cccc(CSCC(=O)Nc2ccccc2N2CCCC2=O)c1. The average molecular weight is 354 g/mol. The van der Waals surface area contributed by atoms with Crippen LogP contribution in [0.5, 0.6) is 0 Å². The van der Waals surface area contributed by atoms with Gasteiger partial charge >= 0.3 is 0 Å². The first-order chi connectivity index (χ1) is 12.1. The molecule has 1 aliphatic rings. The summed E-state index contributed by atoms with van der Waals surface area (Å²) in [5.74, 6) is 1.27. The largest absolute Gasteiger partial charge is 0.324 e. The second kappa shape index (κ2) is 8.21. The number of hydrogen-bond acceptors (Lipinski definition) is 3. The number of nitrogens with zero attached hydrogens (tertiary/aromatic N) is 1. The number of amides is 2. The summed E-state index contributed by atoms with van der Waals surface area (Å²) in [4.78, 5) is 26.0. The second-order valence-electron chi connectivity index (χ2n) is 6.20. The number of hydrogen-bond donors (Lipinski definition) is 1. The van der Waals surface area contributed by atoms with Crippen LogP contribution in [-0.2, 0) is 15.3 Å². The van der Waals surface area contributed by atoms with E-state index in [-0.39, 0.29) is 11.8 Å². The van der Waals surface area contributed by atoms with E-state index in [1.54, 1.807) is 16.7 Å². The van der Waals surface area contributed by atoms with E-state index in [9.17, 15) is 9.59 Å². The van der Waals surface area contributed by atoms with E-state index in [2.05, 4.69) is 30.4 Å². The molecule has 0 unspecified atom stereocenters. The Kier molecular flexibility index (Phi) is 5.76. The Morgan fingerprint density at radius 3 is 2.80 bits per heavy atom. The van der Waals surface area contributed by atoms with E-state index in [0.717, 1.165) is 17.9 Å². The van der Waals surface area contributed by atoms with Gasteiger partial charge in [0.15, 0.2) is 0 Å². The van der Waals surface area contributed by atoms with Gasteiger partial charge in [-0.3, -0.25) is 9.59 Å². The highest BCUT2D eigenvalue weighted by Crippen LogP contribution is 2.29. The molecule has 1 fully saturated rings. The van der Waals surface area contributed by atoms with Crippen LogP contribution >= 0.6 is 11.8 Å². The van der Waals surface area contributed by atoms with Crippen LogP contribution in [0.1, 0.15) is 24.0 Å². The Labute approximate surface area is 152 Å². The number of benzene rings is 2. The van der Waals surface area contributed by atoms with Gasteiger partial charge < -0.3 is 10.2 Å². The van der Waals surface area contributed by atoms with Gasteiger partial charge in [0.05, 0.1) is 17.1 Å². The fourth-order valence-corrected chi connectivity index (χ4v) is 3.74. The predicted octanol–water partition coefficient (Wildman–Crippen LogP) is 3.99. The summed E-state index contributed by atoms with van der Waals surface area (Å²) in [6.07, 6.45) is 1.45. The third-order valence-electron chi connectivity index (χ3n) is 4.13. The Balaban J connectivity index is 1.57. The summed E-state index contributed by atoms with van der Waals surface area (Å²) in [7, 11) is 0. The van der Waals surface area contributed by atoms with Crippen molar-refractivity contribution in [1.82, 2.24) is 0 Å². The Bertz CT molecular complexity index is 776. The van der Waals surface area contributed by atoms with Gasteiger partial charge in [0.25, 0.3) is 0 Å². The van der Waals surface area contributed by atoms with Crippen LogP contribution in [0.2, 0.25) is 0 Å². The van der Waals surface area contributed by atoms with Crippen LogP contribution in [0.3, 0.4) is 0 Å². The minimum Gasteiger partial charge on any atom is -0.324 e. The van der Waals surface area contributed by atoms with E-state index >= 15 is 0 Å². The zero-order chi connectivity index (χ0) is 17.6. The summed E-state index contributed by atoms with van der Waals surface area (Å²) in [5, 5.41) is 2.95. The lowest BCUT2D eigenvalue weighted by Gasteiger charge is -2.19. The Morgan fingerprint density at radius 2 is 2.04 bits per heavy atom. The molecule has 4 nitrogen and oxygen atoms in total. The number of aryl methyl sites for hydroxylation is 1. The van der Waals surface area contributed by atoms with Crippen molar-refractivity contribution >= 4 is 35.0 Å². The summed E-state index contributed by atoms with van der Waals surface area (Å²) in [6.45, 7) is 2.78. The molecule has 0 aliphatic carbocycles. The van der Waals surface area contributed by atoms with Crippen LogP contribution in [0.15, 0.2) is 48.5 Å². The maximum atomic E-state index is 12.3. The molecule has 5 heteroatoms. The average Bonchev–Trinajstić information content (AvgIpc) is 3.01. The van der Waals surface area contributed by atoms with Gasteiger partial charge in [-0.25, -0.2) is 0 Å². The predicted molar refractivity (Wildman–Crippen MR) is 104 cm³/mol. The van der Waals surface area contributed by atoms with Crippen molar-refractivity contribution in [2.45, 2.75) is 25.5 Å². The third-order valence-corrected chi connectivity index (χ3v) is 5.13. The highest BCUT2D eigenvalue weighted by molar-refractivity contribution is 7.99. The molecule has 2 aromatic rings. The molecule has 1 saturated heterocycles. The molecule has 2 aromatic carbocycles. The van der Waals surface area contributed by atoms with E-state index in [4.69, 9.17) is 0 Å². The van der Waals surface area contributed by atoms with Gasteiger partial charge in [-0.2, -0.15) is 0 Å². The summed E-state index contributed by atoms with van der Waals surface area (Å²) in [6, 6.07) is 15.8. The summed E-state index contributed by atoms with van der Waals surface area (Å²) in [5.41, 5.74) is 3.95. The highest BCUT2D eigenvalue weighted by Gasteiger charge is 2.24. The maximum absolute atomic E-state index is 12.3. The zero-order valence-corrected chi connectivity index (χ0v) is 15.1. The van der Waals surface area contributed by atoms with Gasteiger partial charge in [0.1, 0.15) is 0 Å². The molecule has 0 bridgehead atoms. The first kappa shape index (κ1) is 17.5. The van der Waals surface area contributed by atoms with Crippen LogP contribution in [0.4, 0.5) is 11.4 Å². The van der Waals surface area contributed by atoms with Crippen molar-refractivity contribution in [3.05, 3.63) is 59.7 Å². The lowest BCUT2D eigenvalue weighted by Crippen LogP contribution is -2.26. The molecule has 0 atom stereocenters. The molecule has 1 aliphatic heterocycles. The topological polar surface area (TPSA) is 49.4 Å².